The van der Waals surface area contributed by atoms with Gasteiger partial charge in [0.2, 0.25) is 0 Å². The van der Waals surface area contributed by atoms with Crippen LogP contribution in [-0.2, 0) is 0 Å². The molecule has 0 saturated heterocycles. The fourth-order valence-electron chi connectivity index (χ4n) is 1.02. The molecule has 1 heterocycles. The highest BCUT2D eigenvalue weighted by molar-refractivity contribution is 6.99. The van der Waals surface area contributed by atoms with Crippen LogP contribution in [0, 0.1) is 5.82 Å². The number of hydrogen-bond acceptors (Lipinski definition) is 4. The largest absolute Gasteiger partial charge is 0.337 e. The molecule has 2 aromatic rings. The molecule has 0 unspecified atom stereocenters. The molecule has 0 saturated carbocycles. The molecule has 2 rings (SSSR count). The zero-order chi connectivity index (χ0) is 10.8. The fourth-order valence-corrected chi connectivity index (χ4v) is 1.88. The van der Waals surface area contributed by atoms with Crippen LogP contribution in [0.5, 0.6) is 0 Å². The molecular weight excluding hydrogens is 260 g/mol. The van der Waals surface area contributed by atoms with Gasteiger partial charge in [-0.05, 0) is 18.2 Å². The van der Waals surface area contributed by atoms with Gasteiger partial charge in [-0.3, -0.25) is 0 Å². The second-order valence-electron chi connectivity index (χ2n) is 2.69. The molecule has 0 amide bonds. The van der Waals surface area contributed by atoms with Crippen LogP contribution in [0.25, 0.3) is 0 Å². The third-order valence-electron chi connectivity index (χ3n) is 1.57. The van der Waals surface area contributed by atoms with Crippen molar-refractivity contribution in [2.75, 3.05) is 5.32 Å². The maximum atomic E-state index is 13.0. The van der Waals surface area contributed by atoms with Crippen molar-refractivity contribution in [3.05, 3.63) is 34.2 Å². The first-order valence-corrected chi connectivity index (χ1v) is 5.35. The van der Waals surface area contributed by atoms with Gasteiger partial charge in [-0.15, -0.1) is 0 Å². The monoisotopic (exact) mass is 263 g/mol. The first-order chi connectivity index (χ1) is 7.15. The summed E-state index contributed by atoms with van der Waals surface area (Å²) in [5.74, 6) is -0.0346. The average molecular weight is 264 g/mol. The van der Waals surface area contributed by atoms with E-state index in [2.05, 4.69) is 14.1 Å². The highest BCUT2D eigenvalue weighted by atomic mass is 35.5. The Morgan fingerprint density at radius 2 is 2.00 bits per heavy atom. The number of anilines is 2. The van der Waals surface area contributed by atoms with Crippen molar-refractivity contribution >= 4 is 46.4 Å². The summed E-state index contributed by atoms with van der Waals surface area (Å²) in [5.41, 5.74) is 0.481. The van der Waals surface area contributed by atoms with E-state index >= 15 is 0 Å². The van der Waals surface area contributed by atoms with Crippen LogP contribution >= 0.6 is 34.9 Å². The Kier molecular flexibility index (Phi) is 3.04. The lowest BCUT2D eigenvalue weighted by Gasteiger charge is -2.03. The minimum Gasteiger partial charge on any atom is -0.337 e. The van der Waals surface area contributed by atoms with Gasteiger partial charge in [-0.2, -0.15) is 8.75 Å². The molecule has 7 heteroatoms. The molecule has 0 radical (unpaired) electrons. The highest BCUT2D eigenvalue weighted by Gasteiger charge is 2.06. The van der Waals surface area contributed by atoms with E-state index in [1.807, 2.05) is 0 Å². The second-order valence-corrected chi connectivity index (χ2v) is 4.01. The van der Waals surface area contributed by atoms with Crippen molar-refractivity contribution < 1.29 is 4.39 Å². The summed E-state index contributed by atoms with van der Waals surface area (Å²) in [6, 6.07) is 4.08. The van der Waals surface area contributed by atoms with Crippen LogP contribution in [0.2, 0.25) is 10.2 Å². The highest BCUT2D eigenvalue weighted by Crippen LogP contribution is 2.25. The van der Waals surface area contributed by atoms with Gasteiger partial charge in [0, 0.05) is 10.7 Å². The Morgan fingerprint density at radius 1 is 1.20 bits per heavy atom. The minimum atomic E-state index is -0.427. The molecule has 0 spiro atoms. The molecule has 1 N–H and O–H groups in total. The van der Waals surface area contributed by atoms with Crippen molar-refractivity contribution in [3.63, 3.8) is 0 Å². The van der Waals surface area contributed by atoms with Crippen molar-refractivity contribution in [3.8, 4) is 0 Å². The molecule has 0 atom stereocenters. The Morgan fingerprint density at radius 3 is 2.60 bits per heavy atom. The van der Waals surface area contributed by atoms with Gasteiger partial charge in [0.25, 0.3) is 0 Å². The zero-order valence-corrected chi connectivity index (χ0v) is 9.50. The molecule has 1 aromatic heterocycles. The predicted molar refractivity (Wildman–Crippen MR) is 59.6 cm³/mol. The maximum absolute atomic E-state index is 13.0. The zero-order valence-electron chi connectivity index (χ0n) is 7.17. The van der Waals surface area contributed by atoms with E-state index in [0.29, 0.717) is 16.5 Å². The maximum Gasteiger partial charge on any atom is 0.187 e. The molecule has 0 aliphatic carbocycles. The summed E-state index contributed by atoms with van der Waals surface area (Å²) in [6.45, 7) is 0. The first-order valence-electron chi connectivity index (χ1n) is 3.86. The van der Waals surface area contributed by atoms with Crippen LogP contribution in [0.3, 0.4) is 0 Å². The van der Waals surface area contributed by atoms with Crippen molar-refractivity contribution in [2.45, 2.75) is 0 Å². The van der Waals surface area contributed by atoms with Gasteiger partial charge in [0.15, 0.2) is 11.0 Å². The summed E-state index contributed by atoms with van der Waals surface area (Å²) < 4.78 is 20.6. The second kappa shape index (κ2) is 4.30. The summed E-state index contributed by atoms with van der Waals surface area (Å²) in [5, 5.41) is 3.37. The smallest absolute Gasteiger partial charge is 0.187 e. The number of rotatable bonds is 2. The Bertz CT molecular complexity index is 468. The number of halogens is 3. The van der Waals surface area contributed by atoms with E-state index < -0.39 is 5.82 Å². The lowest BCUT2D eigenvalue weighted by Crippen LogP contribution is -1.91. The van der Waals surface area contributed by atoms with Crippen molar-refractivity contribution in [1.82, 2.24) is 8.75 Å². The van der Waals surface area contributed by atoms with Crippen LogP contribution in [0.15, 0.2) is 18.2 Å². The average Bonchev–Trinajstić information content (AvgIpc) is 2.50. The molecule has 1 aromatic carbocycles. The van der Waals surface area contributed by atoms with Crippen LogP contribution in [0.4, 0.5) is 15.9 Å². The van der Waals surface area contributed by atoms with Gasteiger partial charge in [-0.25, -0.2) is 4.39 Å². The van der Waals surface area contributed by atoms with Gasteiger partial charge in [-0.1, -0.05) is 23.2 Å². The van der Waals surface area contributed by atoms with E-state index in [0.717, 1.165) is 11.7 Å². The molecule has 0 fully saturated rings. The summed E-state index contributed by atoms with van der Waals surface area (Å²) in [7, 11) is 0. The first kappa shape index (κ1) is 10.6. The lowest BCUT2D eigenvalue weighted by molar-refractivity contribution is 0.628. The SMILES string of the molecule is Fc1cc(Cl)cc(Nc2nsnc2Cl)c1. The van der Waals surface area contributed by atoms with Crippen LogP contribution in [-0.4, -0.2) is 8.75 Å². The van der Waals surface area contributed by atoms with Crippen LogP contribution in [0.1, 0.15) is 0 Å². The van der Waals surface area contributed by atoms with E-state index in [-0.39, 0.29) is 5.15 Å². The van der Waals surface area contributed by atoms with Crippen molar-refractivity contribution in [2.24, 2.45) is 0 Å². The minimum absolute atomic E-state index is 0.250. The van der Waals surface area contributed by atoms with E-state index in [4.69, 9.17) is 23.2 Å². The van der Waals surface area contributed by atoms with Crippen molar-refractivity contribution in [1.29, 1.82) is 0 Å². The molecule has 15 heavy (non-hydrogen) atoms. The quantitative estimate of drug-likeness (QED) is 0.898. The normalized spacial score (nSPS) is 10.3. The van der Waals surface area contributed by atoms with Gasteiger partial charge < -0.3 is 5.32 Å². The van der Waals surface area contributed by atoms with Gasteiger partial charge >= 0.3 is 0 Å². The number of nitrogens with zero attached hydrogens (tertiary/aromatic N) is 2. The predicted octanol–water partition coefficient (Wildman–Crippen LogP) is 3.73. The number of benzene rings is 1. The third-order valence-corrected chi connectivity index (χ3v) is 2.68. The molecule has 78 valence electrons. The number of aromatic nitrogens is 2. The van der Waals surface area contributed by atoms with Gasteiger partial charge in [0.1, 0.15) is 5.82 Å². The summed E-state index contributed by atoms with van der Waals surface area (Å²) >= 11 is 12.4. The standard InChI is InChI=1S/C8H4Cl2FN3S/c9-4-1-5(11)3-6(2-4)12-8-7(10)13-15-14-8/h1-3H,(H,12,14). The van der Waals surface area contributed by atoms with E-state index in [1.165, 1.54) is 12.1 Å². The molecule has 3 nitrogen and oxygen atoms in total. The van der Waals surface area contributed by atoms with E-state index in [9.17, 15) is 4.39 Å². The lowest BCUT2D eigenvalue weighted by atomic mass is 10.3. The molecule has 0 aliphatic rings. The van der Waals surface area contributed by atoms with Gasteiger partial charge in [0.05, 0.1) is 11.7 Å². The Hall–Kier alpha value is -0.910. The molecule has 0 bridgehead atoms. The fraction of sp³-hybridized carbons (Fsp3) is 0. The number of nitrogens with one attached hydrogen (secondary N) is 1. The van der Waals surface area contributed by atoms with Crippen LogP contribution < -0.4 is 5.32 Å². The number of hydrogen-bond donors (Lipinski definition) is 1. The molecular formula is C8H4Cl2FN3S. The third kappa shape index (κ3) is 2.56. The van der Waals surface area contributed by atoms with E-state index in [1.54, 1.807) is 6.07 Å². The Balaban J connectivity index is 2.28. The topological polar surface area (TPSA) is 37.8 Å². The summed E-state index contributed by atoms with van der Waals surface area (Å²) in [4.78, 5) is 0. The Labute approximate surface area is 99.2 Å². The summed E-state index contributed by atoms with van der Waals surface area (Å²) in [6.07, 6.45) is 0. The molecule has 0 aliphatic heterocycles.